The summed E-state index contributed by atoms with van der Waals surface area (Å²) in [7, 11) is 0. The lowest BCUT2D eigenvalue weighted by molar-refractivity contribution is -0.114. The van der Waals surface area contributed by atoms with Crippen LogP contribution in [0.1, 0.15) is 17.3 Å². The third-order valence-corrected chi connectivity index (χ3v) is 3.53. The topological polar surface area (TPSA) is 85.6 Å². The molecule has 0 aliphatic rings. The van der Waals surface area contributed by atoms with E-state index >= 15 is 0 Å². The van der Waals surface area contributed by atoms with E-state index in [4.69, 9.17) is 20.8 Å². The monoisotopic (exact) mass is 357 g/mol. The summed E-state index contributed by atoms with van der Waals surface area (Å²) in [4.78, 5) is 35.2. The first-order valence-corrected chi connectivity index (χ1v) is 7.63. The third kappa shape index (κ3) is 3.87. The highest BCUT2D eigenvalue weighted by Crippen LogP contribution is 2.20. The first-order chi connectivity index (χ1) is 11.9. The normalized spacial score (nSPS) is 10.5. The van der Waals surface area contributed by atoms with E-state index in [0.717, 1.165) is 0 Å². The molecule has 0 unspecified atom stereocenters. The number of carbonyl (C=O) groups is 2. The Balaban J connectivity index is 1.85. The van der Waals surface area contributed by atoms with E-state index in [1.807, 2.05) is 0 Å². The zero-order chi connectivity index (χ0) is 18.0. The van der Waals surface area contributed by atoms with Crippen molar-refractivity contribution in [3.05, 3.63) is 69.5 Å². The number of nitrogens with one attached hydrogen (secondary N) is 1. The summed E-state index contributed by atoms with van der Waals surface area (Å²) in [6.07, 6.45) is 0. The number of fused-ring (bicyclic) bond motifs is 1. The largest absolute Gasteiger partial charge is 0.423 e. The van der Waals surface area contributed by atoms with Crippen molar-refractivity contribution < 1.29 is 18.7 Å². The molecule has 0 atom stereocenters. The SMILES string of the molecule is CC(=O)Nc1ccc(OC(=O)c2cc3cc(Cl)ccc3oc2=O)cc1. The van der Waals surface area contributed by atoms with Gasteiger partial charge >= 0.3 is 11.6 Å². The second kappa shape index (κ2) is 6.78. The summed E-state index contributed by atoms with van der Waals surface area (Å²) >= 11 is 5.91. The van der Waals surface area contributed by atoms with Crippen molar-refractivity contribution in [2.45, 2.75) is 6.92 Å². The van der Waals surface area contributed by atoms with E-state index in [2.05, 4.69) is 5.32 Å². The van der Waals surface area contributed by atoms with Crippen LogP contribution in [-0.2, 0) is 4.79 Å². The van der Waals surface area contributed by atoms with Crippen molar-refractivity contribution in [3.63, 3.8) is 0 Å². The molecule has 0 saturated carbocycles. The zero-order valence-corrected chi connectivity index (χ0v) is 13.8. The Bertz CT molecular complexity index is 1020. The Morgan fingerprint density at radius 3 is 2.48 bits per heavy atom. The molecular formula is C18H12ClNO5. The van der Waals surface area contributed by atoms with Gasteiger partial charge < -0.3 is 14.5 Å². The molecule has 25 heavy (non-hydrogen) atoms. The molecule has 0 spiro atoms. The molecule has 1 heterocycles. The van der Waals surface area contributed by atoms with E-state index in [1.54, 1.807) is 30.3 Å². The molecule has 2 aromatic carbocycles. The van der Waals surface area contributed by atoms with Gasteiger partial charge in [-0.1, -0.05) is 11.6 Å². The van der Waals surface area contributed by atoms with Crippen LogP contribution in [0.5, 0.6) is 5.75 Å². The molecule has 0 bridgehead atoms. The van der Waals surface area contributed by atoms with Gasteiger partial charge in [0.2, 0.25) is 5.91 Å². The number of ether oxygens (including phenoxy) is 1. The maximum Gasteiger partial charge on any atom is 0.351 e. The van der Waals surface area contributed by atoms with Crippen LogP contribution in [0.4, 0.5) is 5.69 Å². The third-order valence-electron chi connectivity index (χ3n) is 3.30. The lowest BCUT2D eigenvalue weighted by Crippen LogP contribution is -2.18. The van der Waals surface area contributed by atoms with Crippen LogP contribution >= 0.6 is 11.6 Å². The average Bonchev–Trinajstić information content (AvgIpc) is 2.56. The lowest BCUT2D eigenvalue weighted by atomic mass is 10.2. The molecule has 0 radical (unpaired) electrons. The fourth-order valence-corrected chi connectivity index (χ4v) is 2.39. The molecule has 1 amide bonds. The second-order valence-electron chi connectivity index (χ2n) is 5.22. The molecule has 0 aliphatic heterocycles. The number of rotatable bonds is 3. The van der Waals surface area contributed by atoms with Gasteiger partial charge in [0.25, 0.3) is 0 Å². The predicted molar refractivity (Wildman–Crippen MR) is 93.2 cm³/mol. The predicted octanol–water partition coefficient (Wildman–Crippen LogP) is 3.62. The number of amides is 1. The molecule has 6 nitrogen and oxygen atoms in total. The number of esters is 1. The van der Waals surface area contributed by atoms with Crippen LogP contribution in [0.25, 0.3) is 11.0 Å². The van der Waals surface area contributed by atoms with Gasteiger partial charge in [-0.05, 0) is 48.5 Å². The van der Waals surface area contributed by atoms with Crippen molar-refractivity contribution in [1.29, 1.82) is 0 Å². The molecule has 1 aromatic heterocycles. The van der Waals surface area contributed by atoms with Crippen LogP contribution in [0.2, 0.25) is 5.02 Å². The molecule has 3 aromatic rings. The van der Waals surface area contributed by atoms with Gasteiger partial charge in [0.15, 0.2) is 0 Å². The van der Waals surface area contributed by atoms with Crippen molar-refractivity contribution in [2.75, 3.05) is 5.32 Å². The fraction of sp³-hybridized carbons (Fsp3) is 0.0556. The van der Waals surface area contributed by atoms with Crippen LogP contribution < -0.4 is 15.7 Å². The van der Waals surface area contributed by atoms with Crippen LogP contribution in [0.15, 0.2) is 57.7 Å². The summed E-state index contributed by atoms with van der Waals surface area (Å²) < 4.78 is 10.3. The Hall–Kier alpha value is -3.12. The van der Waals surface area contributed by atoms with E-state index in [0.29, 0.717) is 21.7 Å². The number of anilines is 1. The first kappa shape index (κ1) is 16.7. The molecule has 3 rings (SSSR count). The van der Waals surface area contributed by atoms with E-state index in [-0.39, 0.29) is 17.2 Å². The minimum atomic E-state index is -0.845. The Kier molecular flexibility index (Phi) is 4.54. The number of hydrogen-bond donors (Lipinski definition) is 1. The van der Waals surface area contributed by atoms with Crippen molar-refractivity contribution in [3.8, 4) is 5.75 Å². The van der Waals surface area contributed by atoms with Crippen molar-refractivity contribution in [2.24, 2.45) is 0 Å². The molecule has 0 fully saturated rings. The van der Waals surface area contributed by atoms with E-state index < -0.39 is 11.6 Å². The summed E-state index contributed by atoms with van der Waals surface area (Å²) in [5, 5.41) is 3.56. The zero-order valence-electron chi connectivity index (χ0n) is 13.0. The van der Waals surface area contributed by atoms with Crippen LogP contribution in [0, 0.1) is 0 Å². The van der Waals surface area contributed by atoms with Crippen molar-refractivity contribution >= 4 is 40.1 Å². The molecular weight excluding hydrogens is 346 g/mol. The minimum Gasteiger partial charge on any atom is -0.423 e. The van der Waals surface area contributed by atoms with Gasteiger partial charge in [-0.15, -0.1) is 0 Å². The summed E-state index contributed by atoms with van der Waals surface area (Å²) in [5.74, 6) is -0.829. The highest BCUT2D eigenvalue weighted by molar-refractivity contribution is 6.31. The van der Waals surface area contributed by atoms with Gasteiger partial charge in [0.05, 0.1) is 0 Å². The molecule has 0 saturated heterocycles. The van der Waals surface area contributed by atoms with Gasteiger partial charge in [0, 0.05) is 23.0 Å². The van der Waals surface area contributed by atoms with Gasteiger partial charge in [-0.3, -0.25) is 4.79 Å². The standard InChI is InChI=1S/C18H12ClNO5/c1-10(21)20-13-3-5-14(6-4-13)24-17(22)15-9-11-8-12(19)2-7-16(11)25-18(15)23/h2-9H,1H3,(H,20,21). The quantitative estimate of drug-likeness (QED) is 0.439. The fourth-order valence-electron chi connectivity index (χ4n) is 2.21. The second-order valence-corrected chi connectivity index (χ2v) is 5.66. The maximum absolute atomic E-state index is 12.2. The Morgan fingerprint density at radius 2 is 1.80 bits per heavy atom. The van der Waals surface area contributed by atoms with Crippen LogP contribution in [-0.4, -0.2) is 11.9 Å². The Morgan fingerprint density at radius 1 is 1.08 bits per heavy atom. The number of benzene rings is 2. The van der Waals surface area contributed by atoms with Crippen LogP contribution in [0.3, 0.4) is 0 Å². The number of carbonyl (C=O) groups excluding carboxylic acids is 2. The minimum absolute atomic E-state index is 0.211. The summed E-state index contributed by atoms with van der Waals surface area (Å²) in [6.45, 7) is 1.39. The maximum atomic E-state index is 12.2. The van der Waals surface area contributed by atoms with Gasteiger partial charge in [0.1, 0.15) is 16.9 Å². The first-order valence-electron chi connectivity index (χ1n) is 7.25. The highest BCUT2D eigenvalue weighted by Gasteiger charge is 2.16. The summed E-state index contributed by atoms with van der Waals surface area (Å²) in [6, 6.07) is 12.3. The van der Waals surface area contributed by atoms with Gasteiger partial charge in [-0.2, -0.15) is 0 Å². The smallest absolute Gasteiger partial charge is 0.351 e. The molecule has 0 aliphatic carbocycles. The van der Waals surface area contributed by atoms with Gasteiger partial charge in [-0.25, -0.2) is 9.59 Å². The molecule has 1 N–H and O–H groups in total. The van der Waals surface area contributed by atoms with E-state index in [1.165, 1.54) is 25.1 Å². The highest BCUT2D eigenvalue weighted by atomic mass is 35.5. The molecule has 126 valence electrons. The van der Waals surface area contributed by atoms with Crippen molar-refractivity contribution in [1.82, 2.24) is 0 Å². The lowest BCUT2D eigenvalue weighted by Gasteiger charge is -2.06. The molecule has 7 heteroatoms. The average molecular weight is 358 g/mol. The number of hydrogen-bond acceptors (Lipinski definition) is 5. The van der Waals surface area contributed by atoms with E-state index in [9.17, 15) is 14.4 Å². The number of halogens is 1. The Labute approximate surface area is 147 Å². The summed E-state index contributed by atoms with van der Waals surface area (Å²) in [5.41, 5.74) is -0.145.